The molecule has 0 radical (unpaired) electrons. The molecule has 1 heteroatoms. The van der Waals surface area contributed by atoms with Gasteiger partial charge in [-0.3, -0.25) is 0 Å². The molecule has 0 aromatic carbocycles. The molecular weight excluding hydrogens is 110 g/mol. The van der Waals surface area contributed by atoms with Crippen LogP contribution < -0.4 is 5.73 Å². The summed E-state index contributed by atoms with van der Waals surface area (Å²) >= 11 is 0. The number of hydrogen-bond acceptors (Lipinski definition) is 1. The molecule has 0 aliphatic carbocycles. The SMILES string of the molecule is C=CCC(C=C)C(C)N. The van der Waals surface area contributed by atoms with E-state index >= 15 is 0 Å². The van der Waals surface area contributed by atoms with Crippen molar-refractivity contribution in [3.63, 3.8) is 0 Å². The molecule has 0 bridgehead atoms. The molecule has 2 N–H and O–H groups in total. The third-order valence-corrected chi connectivity index (χ3v) is 1.42. The Morgan fingerprint density at radius 2 is 2.11 bits per heavy atom. The van der Waals surface area contributed by atoms with Crippen molar-refractivity contribution in [2.75, 3.05) is 0 Å². The van der Waals surface area contributed by atoms with Gasteiger partial charge in [0, 0.05) is 6.04 Å². The minimum absolute atomic E-state index is 0.195. The predicted octanol–water partition coefficient (Wildman–Crippen LogP) is 1.71. The Hall–Kier alpha value is -0.560. The Morgan fingerprint density at radius 3 is 2.22 bits per heavy atom. The van der Waals surface area contributed by atoms with Crippen molar-refractivity contribution in [3.8, 4) is 0 Å². The molecular formula is C8H15N. The monoisotopic (exact) mass is 125 g/mol. The molecule has 0 spiro atoms. The average Bonchev–Trinajstić information content (AvgIpc) is 1.82. The molecule has 0 aliphatic heterocycles. The molecule has 2 atom stereocenters. The molecule has 0 rings (SSSR count). The first kappa shape index (κ1) is 8.44. The maximum atomic E-state index is 5.61. The van der Waals surface area contributed by atoms with Crippen LogP contribution in [0.15, 0.2) is 25.3 Å². The fourth-order valence-electron chi connectivity index (χ4n) is 0.718. The summed E-state index contributed by atoms with van der Waals surface area (Å²) in [6.45, 7) is 9.28. The zero-order chi connectivity index (χ0) is 7.28. The summed E-state index contributed by atoms with van der Waals surface area (Å²) in [5.41, 5.74) is 5.61. The first-order valence-corrected chi connectivity index (χ1v) is 3.21. The van der Waals surface area contributed by atoms with Crippen LogP contribution in [0.4, 0.5) is 0 Å². The predicted molar refractivity (Wildman–Crippen MR) is 42.2 cm³/mol. The van der Waals surface area contributed by atoms with Gasteiger partial charge >= 0.3 is 0 Å². The highest BCUT2D eigenvalue weighted by atomic mass is 14.6. The van der Waals surface area contributed by atoms with Gasteiger partial charge in [-0.25, -0.2) is 0 Å². The van der Waals surface area contributed by atoms with E-state index in [1.807, 2.05) is 19.1 Å². The standard InChI is InChI=1S/C8H15N/c1-4-6-8(5-2)7(3)9/h4-5,7-8H,1-2,6,9H2,3H3. The van der Waals surface area contributed by atoms with E-state index < -0.39 is 0 Å². The Morgan fingerprint density at radius 1 is 1.56 bits per heavy atom. The van der Waals surface area contributed by atoms with Crippen LogP contribution in [0, 0.1) is 5.92 Å². The van der Waals surface area contributed by atoms with Gasteiger partial charge in [-0.05, 0) is 19.3 Å². The third kappa shape index (κ3) is 3.09. The van der Waals surface area contributed by atoms with Crippen molar-refractivity contribution in [1.29, 1.82) is 0 Å². The topological polar surface area (TPSA) is 26.0 Å². The van der Waals surface area contributed by atoms with Gasteiger partial charge in [-0.1, -0.05) is 12.2 Å². The van der Waals surface area contributed by atoms with Crippen LogP contribution in [-0.4, -0.2) is 6.04 Å². The molecule has 0 fully saturated rings. The van der Waals surface area contributed by atoms with Crippen LogP contribution in [0.5, 0.6) is 0 Å². The van der Waals surface area contributed by atoms with E-state index in [1.165, 1.54) is 0 Å². The molecule has 0 saturated carbocycles. The minimum Gasteiger partial charge on any atom is -0.327 e. The van der Waals surface area contributed by atoms with Gasteiger partial charge in [-0.15, -0.1) is 13.2 Å². The molecule has 0 aromatic rings. The van der Waals surface area contributed by atoms with Crippen molar-refractivity contribution < 1.29 is 0 Å². The fraction of sp³-hybridized carbons (Fsp3) is 0.500. The first-order valence-electron chi connectivity index (χ1n) is 3.21. The highest BCUT2D eigenvalue weighted by Crippen LogP contribution is 2.07. The zero-order valence-electron chi connectivity index (χ0n) is 6.01. The number of allylic oxidation sites excluding steroid dienone is 1. The average molecular weight is 125 g/mol. The molecule has 2 unspecified atom stereocenters. The highest BCUT2D eigenvalue weighted by molar-refractivity contribution is 4.89. The van der Waals surface area contributed by atoms with Crippen LogP contribution in [0.3, 0.4) is 0 Å². The zero-order valence-corrected chi connectivity index (χ0v) is 6.01. The molecule has 0 saturated heterocycles. The van der Waals surface area contributed by atoms with E-state index in [1.54, 1.807) is 0 Å². The first-order chi connectivity index (χ1) is 4.22. The normalized spacial score (nSPS) is 16.2. The number of nitrogens with two attached hydrogens (primary N) is 1. The lowest BCUT2D eigenvalue weighted by Gasteiger charge is -2.12. The smallest absolute Gasteiger partial charge is 0.00762 e. The second-order valence-corrected chi connectivity index (χ2v) is 2.28. The second kappa shape index (κ2) is 4.33. The molecule has 9 heavy (non-hydrogen) atoms. The van der Waals surface area contributed by atoms with Gasteiger partial charge in [0.25, 0.3) is 0 Å². The summed E-state index contributed by atoms with van der Waals surface area (Å²) in [5.74, 6) is 0.391. The van der Waals surface area contributed by atoms with Gasteiger partial charge in [0.05, 0.1) is 0 Å². The van der Waals surface area contributed by atoms with Crippen LogP contribution in [0.1, 0.15) is 13.3 Å². The Bertz CT molecular complexity index is 94.7. The van der Waals surface area contributed by atoms with E-state index in [0.29, 0.717) is 5.92 Å². The molecule has 0 amide bonds. The quantitative estimate of drug-likeness (QED) is 0.569. The lowest BCUT2D eigenvalue weighted by atomic mass is 9.99. The molecule has 0 heterocycles. The summed E-state index contributed by atoms with van der Waals surface area (Å²) in [6, 6.07) is 0.195. The van der Waals surface area contributed by atoms with Gasteiger partial charge in [0.15, 0.2) is 0 Å². The third-order valence-electron chi connectivity index (χ3n) is 1.42. The van der Waals surface area contributed by atoms with Crippen LogP contribution in [0.25, 0.3) is 0 Å². The van der Waals surface area contributed by atoms with E-state index in [0.717, 1.165) is 6.42 Å². The van der Waals surface area contributed by atoms with Gasteiger partial charge < -0.3 is 5.73 Å². The molecule has 0 aromatic heterocycles. The molecule has 52 valence electrons. The van der Waals surface area contributed by atoms with Crippen LogP contribution in [0.2, 0.25) is 0 Å². The minimum atomic E-state index is 0.195. The van der Waals surface area contributed by atoms with E-state index in [4.69, 9.17) is 5.73 Å². The maximum absolute atomic E-state index is 5.61. The van der Waals surface area contributed by atoms with Crippen molar-refractivity contribution in [3.05, 3.63) is 25.3 Å². The van der Waals surface area contributed by atoms with Crippen LogP contribution in [-0.2, 0) is 0 Å². The number of rotatable bonds is 4. The maximum Gasteiger partial charge on any atom is 0.00762 e. The summed E-state index contributed by atoms with van der Waals surface area (Å²) < 4.78 is 0. The highest BCUT2D eigenvalue weighted by Gasteiger charge is 2.05. The van der Waals surface area contributed by atoms with E-state index in [9.17, 15) is 0 Å². The Kier molecular flexibility index (Phi) is 4.06. The van der Waals surface area contributed by atoms with Crippen molar-refractivity contribution in [2.24, 2.45) is 11.7 Å². The largest absolute Gasteiger partial charge is 0.327 e. The van der Waals surface area contributed by atoms with Crippen molar-refractivity contribution in [2.45, 2.75) is 19.4 Å². The van der Waals surface area contributed by atoms with Gasteiger partial charge in [0.1, 0.15) is 0 Å². The van der Waals surface area contributed by atoms with Crippen molar-refractivity contribution in [1.82, 2.24) is 0 Å². The number of hydrogen-bond donors (Lipinski definition) is 1. The molecule has 0 aliphatic rings. The summed E-state index contributed by atoms with van der Waals surface area (Å²) in [6.07, 6.45) is 4.68. The molecule has 1 nitrogen and oxygen atoms in total. The Balaban J connectivity index is 3.66. The second-order valence-electron chi connectivity index (χ2n) is 2.28. The Labute approximate surface area is 57.3 Å². The van der Waals surface area contributed by atoms with Crippen molar-refractivity contribution >= 4 is 0 Å². The van der Waals surface area contributed by atoms with E-state index in [-0.39, 0.29) is 6.04 Å². The van der Waals surface area contributed by atoms with Gasteiger partial charge in [0.2, 0.25) is 0 Å². The van der Waals surface area contributed by atoms with Gasteiger partial charge in [-0.2, -0.15) is 0 Å². The lowest BCUT2D eigenvalue weighted by molar-refractivity contribution is 0.543. The fourth-order valence-corrected chi connectivity index (χ4v) is 0.718. The van der Waals surface area contributed by atoms with Crippen LogP contribution >= 0.6 is 0 Å². The van der Waals surface area contributed by atoms with E-state index in [2.05, 4.69) is 13.2 Å². The summed E-state index contributed by atoms with van der Waals surface area (Å²) in [5, 5.41) is 0. The summed E-state index contributed by atoms with van der Waals surface area (Å²) in [4.78, 5) is 0. The lowest BCUT2D eigenvalue weighted by Crippen LogP contribution is -2.24. The summed E-state index contributed by atoms with van der Waals surface area (Å²) in [7, 11) is 0.